The molecule has 0 aliphatic rings. The van der Waals surface area contributed by atoms with E-state index < -0.39 is 0 Å². The minimum atomic E-state index is 0. The Labute approximate surface area is 57.8 Å². The van der Waals surface area contributed by atoms with Gasteiger partial charge in [0.15, 0.2) is 0 Å². The van der Waals surface area contributed by atoms with Crippen molar-refractivity contribution < 1.29 is 14.2 Å². The molecule has 3 nitrogen and oxygen atoms in total. The fourth-order valence-corrected chi connectivity index (χ4v) is 0. The Kier molecular flexibility index (Phi) is 188000. The van der Waals surface area contributed by atoms with Crippen molar-refractivity contribution in [1.82, 2.24) is 0 Å². The molecule has 0 rings (SSSR count). The number of hydrogen-bond donors (Lipinski definition) is 0. The molecule has 0 saturated carbocycles. The molecule has 0 atom stereocenters. The molecule has 3 heteroatoms. The molecule has 9 heavy (non-hydrogen) atoms. The summed E-state index contributed by atoms with van der Waals surface area (Å²) in [7, 11) is 0. The summed E-state index contributed by atoms with van der Waals surface area (Å²) in [6.07, 6.45) is 0.250. The van der Waals surface area contributed by atoms with E-state index in [1.165, 1.54) is 0 Å². The van der Waals surface area contributed by atoms with E-state index in [0.717, 1.165) is 0 Å². The molecule has 0 spiro atoms. The first-order chi connectivity index (χ1) is 2.41. The van der Waals surface area contributed by atoms with Crippen molar-refractivity contribution in [2.24, 2.45) is 0 Å². The molecule has 0 fully saturated rings. The fourth-order valence-electron chi connectivity index (χ4n) is 0. The number of rotatable bonds is 0. The second-order valence-electron chi connectivity index (χ2n) is 0.0833. The summed E-state index contributed by atoms with van der Waals surface area (Å²) in [6, 6.07) is 0. The van der Waals surface area contributed by atoms with Gasteiger partial charge in [0, 0.05) is 0 Å². The van der Waals surface area contributed by atoms with Crippen molar-refractivity contribution in [3.63, 3.8) is 0 Å². The van der Waals surface area contributed by atoms with Gasteiger partial charge in [0.05, 0.1) is 0 Å². The van der Waals surface area contributed by atoms with Gasteiger partial charge < -0.3 is 0 Å². The van der Waals surface area contributed by atoms with Crippen molar-refractivity contribution in [2.75, 3.05) is 0 Å². The predicted octanol–water partition coefficient (Wildman–Crippen LogP) is 1.92. The Balaban J connectivity index is -0.00000000357. The molecule has 0 aromatic rings. The van der Waals surface area contributed by atoms with Gasteiger partial charge in [-0.15, -0.1) is 0 Å². The van der Waals surface area contributed by atoms with Gasteiger partial charge in [0.25, 0.3) is 0 Å². The Morgan fingerprint density at radius 2 is 0.889 bits per heavy atom. The maximum atomic E-state index is 8.12. The normalized spacial score (nSPS) is 1.11. The van der Waals surface area contributed by atoms with Gasteiger partial charge in [-0.3, -0.25) is 0 Å². The van der Waals surface area contributed by atoms with Gasteiger partial charge in [0.2, 0.25) is 0 Å². The van der Waals surface area contributed by atoms with Gasteiger partial charge >= 0.3 is 17.5 Å². The average Bonchev–Trinajstić information content (AvgIpc) is 1.46. The van der Waals surface area contributed by atoms with E-state index in [2.05, 4.69) is 6.65 Å². The van der Waals surface area contributed by atoms with Crippen LogP contribution < -0.4 is 0 Å². The van der Waals surface area contributed by atoms with E-state index in [1.807, 2.05) is 0 Å². The monoisotopic (exact) mass is 136 g/mol. The van der Waals surface area contributed by atoms with Crippen LogP contribution in [0.5, 0.6) is 0 Å². The summed E-state index contributed by atoms with van der Waals surface area (Å²) in [5.74, 6) is 0. The SMILES string of the molecule is C.C.C.C.O=C=O.[C-]#[O+]. The molecule has 0 aromatic carbocycles. The third-order valence-electron chi connectivity index (χ3n) is 0. The summed E-state index contributed by atoms with van der Waals surface area (Å²) in [4.78, 5) is 16.2. The van der Waals surface area contributed by atoms with E-state index in [-0.39, 0.29) is 35.9 Å². The van der Waals surface area contributed by atoms with Crippen LogP contribution in [0, 0.1) is 6.65 Å². The van der Waals surface area contributed by atoms with E-state index >= 15 is 0 Å². The molecule has 0 saturated heterocycles. The van der Waals surface area contributed by atoms with Crippen molar-refractivity contribution in [3.8, 4) is 0 Å². The number of carbonyl (C=O) groups excluding carboxylic acids is 2. The van der Waals surface area contributed by atoms with E-state index in [4.69, 9.17) is 14.2 Å². The molecular formula is C6H16O3. The predicted molar refractivity (Wildman–Crippen MR) is 35.9 cm³/mol. The number of hydrogen-bond acceptors (Lipinski definition) is 2. The molecular weight excluding hydrogens is 120 g/mol. The van der Waals surface area contributed by atoms with Crippen molar-refractivity contribution in [3.05, 3.63) is 6.65 Å². The van der Waals surface area contributed by atoms with Gasteiger partial charge in [0.1, 0.15) is 0 Å². The van der Waals surface area contributed by atoms with Crippen LogP contribution in [0.15, 0.2) is 0 Å². The summed E-state index contributed by atoms with van der Waals surface area (Å²) in [5, 5.41) is 0. The molecule has 0 N–H and O–H groups in total. The fraction of sp³-hybridized carbons (Fsp3) is 0.667. The minimum absolute atomic E-state index is 0. The Morgan fingerprint density at radius 1 is 0.889 bits per heavy atom. The molecule has 0 unspecified atom stereocenters. The Bertz CT molecular complexity index is 50.6. The summed E-state index contributed by atoms with van der Waals surface area (Å²) >= 11 is 0. The van der Waals surface area contributed by atoms with Crippen LogP contribution in [0.3, 0.4) is 0 Å². The first-order valence-electron chi connectivity index (χ1n) is 0.612. The van der Waals surface area contributed by atoms with Crippen molar-refractivity contribution in [1.29, 1.82) is 0 Å². The van der Waals surface area contributed by atoms with Gasteiger partial charge in [-0.25, -0.2) is 0 Å². The molecule has 0 bridgehead atoms. The molecule has 0 amide bonds. The van der Waals surface area contributed by atoms with Gasteiger partial charge in [-0.1, -0.05) is 29.7 Å². The van der Waals surface area contributed by atoms with Gasteiger partial charge in [-0.05, 0) is 0 Å². The van der Waals surface area contributed by atoms with E-state index in [9.17, 15) is 0 Å². The zero-order valence-corrected chi connectivity index (χ0v) is 2.22. The molecule has 0 heterocycles. The average molecular weight is 136 g/mol. The van der Waals surface area contributed by atoms with Crippen LogP contribution in [0.25, 0.3) is 0 Å². The summed E-state index contributed by atoms with van der Waals surface area (Å²) in [5.41, 5.74) is 0. The first kappa shape index (κ1) is 91.6. The van der Waals surface area contributed by atoms with Crippen molar-refractivity contribution >= 4 is 6.15 Å². The molecule has 0 aliphatic carbocycles. The zero-order chi connectivity index (χ0) is 4.71. The van der Waals surface area contributed by atoms with Crippen LogP contribution in [0.4, 0.5) is 0 Å². The second-order valence-corrected chi connectivity index (χ2v) is 0.0833. The third-order valence-corrected chi connectivity index (χ3v) is 0. The molecule has 0 radical (unpaired) electrons. The van der Waals surface area contributed by atoms with Crippen LogP contribution in [-0.2, 0) is 14.2 Å². The zero-order valence-electron chi connectivity index (χ0n) is 2.22. The standard InChI is InChI=1S/CO2.CO.4CH4/c2-1-3;1-2;;;;/h;;4*1H4. The first-order valence-corrected chi connectivity index (χ1v) is 0.612. The summed E-state index contributed by atoms with van der Waals surface area (Å²) in [6.45, 7) is 4.50. The van der Waals surface area contributed by atoms with E-state index in [1.54, 1.807) is 0 Å². The Hall–Kier alpha value is -0.880. The topological polar surface area (TPSA) is 54.0 Å². The second kappa shape index (κ2) is 18500. The molecule has 0 aliphatic heterocycles. The Morgan fingerprint density at radius 3 is 0.889 bits per heavy atom. The maximum absolute atomic E-state index is 8.12. The van der Waals surface area contributed by atoms with Gasteiger partial charge in [-0.2, -0.15) is 9.59 Å². The van der Waals surface area contributed by atoms with Crippen LogP contribution in [-0.4, -0.2) is 6.15 Å². The van der Waals surface area contributed by atoms with Crippen molar-refractivity contribution in [2.45, 2.75) is 29.7 Å². The molecule has 0 aromatic heterocycles. The quantitative estimate of drug-likeness (QED) is 0.377. The molecule has 58 valence electrons. The van der Waals surface area contributed by atoms with Crippen LogP contribution >= 0.6 is 0 Å². The third kappa shape index (κ3) is 241. The van der Waals surface area contributed by atoms with Crippen LogP contribution in [0.2, 0.25) is 0 Å². The summed E-state index contributed by atoms with van der Waals surface area (Å²) < 4.78 is 7.50. The van der Waals surface area contributed by atoms with Crippen LogP contribution in [0.1, 0.15) is 29.7 Å². The van der Waals surface area contributed by atoms with E-state index in [0.29, 0.717) is 0 Å².